The molecule has 0 spiro atoms. The first kappa shape index (κ1) is 17.2. The van der Waals surface area contributed by atoms with Crippen LogP contribution < -0.4 is 11.1 Å². The van der Waals surface area contributed by atoms with E-state index >= 15 is 0 Å². The predicted molar refractivity (Wildman–Crippen MR) is 82.7 cm³/mol. The van der Waals surface area contributed by atoms with Gasteiger partial charge in [-0.25, -0.2) is 0 Å². The largest absolute Gasteiger partial charge is 0.393 e. The first-order chi connectivity index (χ1) is 9.50. The minimum atomic E-state index is -0.573. The van der Waals surface area contributed by atoms with Crippen LogP contribution in [0.2, 0.25) is 0 Å². The molecular weight excluding hydrogens is 296 g/mol. The molecule has 3 N–H and O–H groups in total. The molecule has 8 heteroatoms. The molecule has 0 radical (unpaired) electrons. The Morgan fingerprint density at radius 2 is 2.05 bits per heavy atom. The zero-order valence-corrected chi connectivity index (χ0v) is 12.6. The molecule has 1 aliphatic rings. The number of nitrogens with zero attached hydrogens (tertiary/aromatic N) is 2. The van der Waals surface area contributed by atoms with Crippen LogP contribution in [-0.2, 0) is 0 Å². The van der Waals surface area contributed by atoms with Crippen molar-refractivity contribution in [2.45, 2.75) is 18.9 Å². The highest BCUT2D eigenvalue weighted by Gasteiger charge is 2.24. The van der Waals surface area contributed by atoms with Gasteiger partial charge in [-0.2, -0.15) is 0 Å². The molecule has 21 heavy (non-hydrogen) atoms. The number of piperidine rings is 1. The van der Waals surface area contributed by atoms with Gasteiger partial charge in [0, 0.05) is 24.7 Å². The molecule has 116 valence electrons. The molecule has 1 aromatic carbocycles. The van der Waals surface area contributed by atoms with Crippen LogP contribution in [0, 0.1) is 10.1 Å². The lowest BCUT2D eigenvalue weighted by Crippen LogP contribution is -2.43. The number of hydrogen-bond donors (Lipinski definition) is 2. The van der Waals surface area contributed by atoms with Gasteiger partial charge in [0.1, 0.15) is 5.69 Å². The lowest BCUT2D eigenvalue weighted by Gasteiger charge is -2.31. The maximum absolute atomic E-state index is 12.4. The zero-order chi connectivity index (χ0) is 14.7. The average molecular weight is 315 g/mol. The molecule has 1 heterocycles. The monoisotopic (exact) mass is 314 g/mol. The second kappa shape index (κ2) is 7.24. The van der Waals surface area contributed by atoms with Crippen molar-refractivity contribution >= 4 is 29.7 Å². The molecular formula is C13H19ClN4O3. The van der Waals surface area contributed by atoms with E-state index in [1.807, 2.05) is 0 Å². The lowest BCUT2D eigenvalue weighted by atomic mass is 10.0. The molecule has 0 saturated carbocycles. The second-order valence-electron chi connectivity index (χ2n) is 4.93. The van der Waals surface area contributed by atoms with E-state index in [9.17, 15) is 14.9 Å². The number of nitrogens with one attached hydrogen (secondary N) is 1. The molecule has 2 rings (SSSR count). The minimum Gasteiger partial charge on any atom is -0.393 e. The summed E-state index contributed by atoms with van der Waals surface area (Å²) in [4.78, 5) is 24.3. The quantitative estimate of drug-likeness (QED) is 0.499. The minimum absolute atomic E-state index is 0. The molecule has 1 fully saturated rings. The Bertz CT molecular complexity index is 532. The molecule has 1 amide bonds. The van der Waals surface area contributed by atoms with Gasteiger partial charge in [0.25, 0.3) is 11.6 Å². The molecule has 0 aliphatic carbocycles. The molecule has 0 atom stereocenters. The van der Waals surface area contributed by atoms with Crippen molar-refractivity contribution < 1.29 is 9.72 Å². The highest BCUT2D eigenvalue weighted by atomic mass is 35.5. The van der Waals surface area contributed by atoms with Gasteiger partial charge in [-0.15, -0.1) is 12.4 Å². The van der Waals surface area contributed by atoms with Crippen molar-refractivity contribution in [3.8, 4) is 0 Å². The highest BCUT2D eigenvalue weighted by molar-refractivity contribution is 5.95. The van der Waals surface area contributed by atoms with Gasteiger partial charge < -0.3 is 16.0 Å². The van der Waals surface area contributed by atoms with Crippen molar-refractivity contribution in [1.29, 1.82) is 0 Å². The van der Waals surface area contributed by atoms with Crippen LogP contribution in [0.3, 0.4) is 0 Å². The molecule has 0 unspecified atom stereocenters. The number of nitro benzene ring substituents is 1. The normalized spacial score (nSPS) is 15.1. The number of carbonyl (C=O) groups excluding carboxylic acids is 1. The summed E-state index contributed by atoms with van der Waals surface area (Å²) in [5, 5.41) is 14.1. The van der Waals surface area contributed by atoms with Crippen LogP contribution in [0.15, 0.2) is 18.2 Å². The van der Waals surface area contributed by atoms with E-state index in [1.165, 1.54) is 18.2 Å². The first-order valence-electron chi connectivity index (χ1n) is 6.52. The summed E-state index contributed by atoms with van der Waals surface area (Å²) in [6.07, 6.45) is 1.78. The number of carbonyl (C=O) groups is 1. The van der Waals surface area contributed by atoms with E-state index in [4.69, 9.17) is 5.73 Å². The third kappa shape index (κ3) is 3.83. The molecule has 7 nitrogen and oxygen atoms in total. The number of benzene rings is 1. The topological polar surface area (TPSA) is 102 Å². The number of halogens is 1. The van der Waals surface area contributed by atoms with Crippen LogP contribution in [0.1, 0.15) is 23.2 Å². The van der Waals surface area contributed by atoms with Crippen LogP contribution in [0.5, 0.6) is 0 Å². The number of nitro groups is 1. The Balaban J connectivity index is 0.00000220. The smallest absolute Gasteiger partial charge is 0.292 e. The summed E-state index contributed by atoms with van der Waals surface area (Å²) >= 11 is 0. The maximum atomic E-state index is 12.4. The van der Waals surface area contributed by atoms with Gasteiger partial charge in [-0.3, -0.25) is 14.9 Å². The van der Waals surface area contributed by atoms with Gasteiger partial charge in [-0.1, -0.05) is 0 Å². The summed E-state index contributed by atoms with van der Waals surface area (Å²) in [6.45, 7) is 1.76. The van der Waals surface area contributed by atoms with E-state index in [2.05, 4.69) is 5.32 Å². The summed E-state index contributed by atoms with van der Waals surface area (Å²) in [5.74, 6) is -0.208. The summed E-state index contributed by atoms with van der Waals surface area (Å²) in [6, 6.07) is 4.35. The van der Waals surface area contributed by atoms with Crippen LogP contribution in [-0.4, -0.2) is 41.9 Å². The fourth-order valence-electron chi connectivity index (χ4n) is 2.40. The zero-order valence-electron chi connectivity index (χ0n) is 11.7. The molecule has 1 saturated heterocycles. The van der Waals surface area contributed by atoms with Gasteiger partial charge in [0.05, 0.1) is 4.92 Å². The van der Waals surface area contributed by atoms with Crippen molar-refractivity contribution in [2.75, 3.05) is 25.9 Å². The van der Waals surface area contributed by atoms with Gasteiger partial charge in [0.15, 0.2) is 0 Å². The number of hydrogen-bond acceptors (Lipinski definition) is 5. The first-order valence-corrected chi connectivity index (χ1v) is 6.52. The summed E-state index contributed by atoms with van der Waals surface area (Å²) in [7, 11) is 1.74. The molecule has 1 aromatic rings. The Labute approximate surface area is 129 Å². The van der Waals surface area contributed by atoms with Gasteiger partial charge >= 0.3 is 0 Å². The lowest BCUT2D eigenvalue weighted by molar-refractivity contribution is -0.383. The number of amides is 1. The molecule has 1 aliphatic heterocycles. The van der Waals surface area contributed by atoms with E-state index in [0.29, 0.717) is 5.56 Å². The van der Waals surface area contributed by atoms with E-state index < -0.39 is 4.92 Å². The van der Waals surface area contributed by atoms with Crippen LogP contribution >= 0.6 is 12.4 Å². The Morgan fingerprint density at radius 3 is 2.62 bits per heavy atom. The Morgan fingerprint density at radius 1 is 1.43 bits per heavy atom. The number of rotatable bonds is 3. The van der Waals surface area contributed by atoms with Crippen LogP contribution in [0.4, 0.5) is 11.4 Å². The third-order valence-electron chi connectivity index (χ3n) is 3.65. The predicted octanol–water partition coefficient (Wildman–Crippen LogP) is 1.42. The standard InChI is InChI=1S/C13H18N4O3.ClH/c1-16(10-4-6-15-7-5-10)13(18)9-2-3-11(14)12(8-9)17(19)20;/h2-3,8,10,15H,4-7,14H2,1H3;1H. The molecule has 0 bridgehead atoms. The SMILES string of the molecule is CN(C(=O)c1ccc(N)c([N+](=O)[O-])c1)C1CCNCC1.Cl. The number of anilines is 1. The number of nitrogen functional groups attached to an aromatic ring is 1. The van der Waals surface area contributed by atoms with Crippen molar-refractivity contribution in [1.82, 2.24) is 10.2 Å². The maximum Gasteiger partial charge on any atom is 0.292 e. The van der Waals surface area contributed by atoms with Crippen molar-refractivity contribution in [3.05, 3.63) is 33.9 Å². The summed E-state index contributed by atoms with van der Waals surface area (Å²) in [5.41, 5.74) is 5.67. The highest BCUT2D eigenvalue weighted by Crippen LogP contribution is 2.23. The summed E-state index contributed by atoms with van der Waals surface area (Å²) < 4.78 is 0. The Kier molecular flexibility index (Phi) is 5.92. The third-order valence-corrected chi connectivity index (χ3v) is 3.65. The number of nitrogens with two attached hydrogens (primary N) is 1. The van der Waals surface area contributed by atoms with Crippen LogP contribution in [0.25, 0.3) is 0 Å². The fraction of sp³-hybridized carbons (Fsp3) is 0.462. The van der Waals surface area contributed by atoms with E-state index in [-0.39, 0.29) is 35.7 Å². The Hall–Kier alpha value is -1.86. The average Bonchev–Trinajstić information content (AvgIpc) is 2.47. The second-order valence-corrected chi connectivity index (χ2v) is 4.93. The van der Waals surface area contributed by atoms with Gasteiger partial charge in [-0.05, 0) is 38.1 Å². The van der Waals surface area contributed by atoms with Gasteiger partial charge in [0.2, 0.25) is 0 Å². The van der Waals surface area contributed by atoms with Crippen molar-refractivity contribution in [2.24, 2.45) is 0 Å². The van der Waals surface area contributed by atoms with E-state index in [0.717, 1.165) is 25.9 Å². The van der Waals surface area contributed by atoms with E-state index in [1.54, 1.807) is 11.9 Å². The molecule has 0 aromatic heterocycles. The fourth-order valence-corrected chi connectivity index (χ4v) is 2.40. The van der Waals surface area contributed by atoms with Crippen molar-refractivity contribution in [3.63, 3.8) is 0 Å².